The third-order valence-electron chi connectivity index (χ3n) is 2.98. The van der Waals surface area contributed by atoms with Gasteiger partial charge in [0.1, 0.15) is 6.73 Å². The van der Waals surface area contributed by atoms with Crippen LogP contribution >= 0.6 is 0 Å². The Bertz CT molecular complexity index is 572. The third-order valence-corrected chi connectivity index (χ3v) is 4.69. The van der Waals surface area contributed by atoms with Crippen LogP contribution in [0.5, 0.6) is 0 Å². The summed E-state index contributed by atoms with van der Waals surface area (Å²) < 4.78 is 7.59. The second-order valence-corrected chi connectivity index (χ2v) is 11.5. The van der Waals surface area contributed by atoms with Crippen LogP contribution in [0.2, 0.25) is 25.7 Å². The van der Waals surface area contributed by atoms with Gasteiger partial charge in [0.2, 0.25) is 0 Å². The molecular weight excluding hydrogens is 254 g/mol. The van der Waals surface area contributed by atoms with Gasteiger partial charge >= 0.3 is 0 Å². The maximum absolute atomic E-state index is 5.73. The van der Waals surface area contributed by atoms with Crippen molar-refractivity contribution in [2.24, 2.45) is 0 Å². The highest BCUT2D eigenvalue weighted by Crippen LogP contribution is 2.17. The number of hydrogen-bond acceptors (Lipinski definition) is 3. The zero-order chi connectivity index (χ0) is 13.9. The van der Waals surface area contributed by atoms with Crippen molar-refractivity contribution in [3.8, 4) is 0 Å². The lowest BCUT2D eigenvalue weighted by atomic mass is 10.2. The minimum absolute atomic E-state index is 0.473. The molecule has 0 saturated heterocycles. The lowest BCUT2D eigenvalue weighted by molar-refractivity contribution is 0.0816. The first-order valence-corrected chi connectivity index (χ1v) is 10.2. The van der Waals surface area contributed by atoms with Crippen LogP contribution in [0.3, 0.4) is 0 Å². The fourth-order valence-electron chi connectivity index (χ4n) is 1.84. The molecule has 0 spiro atoms. The average molecular weight is 275 g/mol. The Morgan fingerprint density at radius 1 is 1.42 bits per heavy atom. The van der Waals surface area contributed by atoms with Crippen molar-refractivity contribution in [1.82, 2.24) is 14.8 Å². The van der Waals surface area contributed by atoms with Gasteiger partial charge in [0.25, 0.3) is 0 Å². The molecule has 0 aliphatic rings. The zero-order valence-corrected chi connectivity index (χ0v) is 12.9. The number of fused-ring (bicyclic) bond motifs is 1. The van der Waals surface area contributed by atoms with E-state index in [4.69, 9.17) is 4.74 Å². The Labute approximate surface area is 115 Å². The third kappa shape index (κ3) is 3.51. The second kappa shape index (κ2) is 5.67. The first-order valence-electron chi connectivity index (χ1n) is 6.52. The highest BCUT2D eigenvalue weighted by atomic mass is 28.3. The number of pyridine rings is 1. The van der Waals surface area contributed by atoms with Crippen LogP contribution < -0.4 is 0 Å². The van der Waals surface area contributed by atoms with Gasteiger partial charge in [-0.1, -0.05) is 26.2 Å². The standard InChI is InChI=1S/C14H21N3OSi/c1-5-13-14-12(6-7-15-13)10-16-17(14)11-18-8-9-19(2,3)4/h5-7,10H,1,8-9,11H2,2-4H3. The molecule has 2 aromatic heterocycles. The smallest absolute Gasteiger partial charge is 0.140 e. The maximum Gasteiger partial charge on any atom is 0.140 e. The Morgan fingerprint density at radius 3 is 2.89 bits per heavy atom. The van der Waals surface area contributed by atoms with E-state index in [0.717, 1.165) is 23.2 Å². The van der Waals surface area contributed by atoms with Crippen molar-refractivity contribution < 1.29 is 4.74 Å². The van der Waals surface area contributed by atoms with E-state index in [-0.39, 0.29) is 0 Å². The molecule has 2 heterocycles. The molecule has 0 aromatic carbocycles. The van der Waals surface area contributed by atoms with Gasteiger partial charge in [-0.15, -0.1) is 0 Å². The van der Waals surface area contributed by atoms with Gasteiger partial charge in [0, 0.05) is 26.3 Å². The summed E-state index contributed by atoms with van der Waals surface area (Å²) in [6.45, 7) is 12.1. The van der Waals surface area contributed by atoms with Gasteiger partial charge in [-0.3, -0.25) is 4.98 Å². The van der Waals surface area contributed by atoms with E-state index in [1.165, 1.54) is 6.04 Å². The fourth-order valence-corrected chi connectivity index (χ4v) is 2.59. The van der Waals surface area contributed by atoms with E-state index in [1.807, 2.05) is 16.9 Å². The minimum atomic E-state index is -1.03. The summed E-state index contributed by atoms with van der Waals surface area (Å²) in [5.74, 6) is 0. The summed E-state index contributed by atoms with van der Waals surface area (Å²) in [5, 5.41) is 5.42. The molecule has 0 bridgehead atoms. The molecule has 4 nitrogen and oxygen atoms in total. The molecule has 0 aliphatic carbocycles. The van der Waals surface area contributed by atoms with Gasteiger partial charge in [-0.25, -0.2) is 4.68 Å². The second-order valence-electron chi connectivity index (χ2n) is 5.83. The number of aromatic nitrogens is 3. The summed E-state index contributed by atoms with van der Waals surface area (Å²) >= 11 is 0. The molecule has 0 fully saturated rings. The predicted molar refractivity (Wildman–Crippen MR) is 81.7 cm³/mol. The van der Waals surface area contributed by atoms with Crippen LogP contribution in [-0.2, 0) is 11.5 Å². The molecule has 0 N–H and O–H groups in total. The Morgan fingerprint density at radius 2 is 2.21 bits per heavy atom. The highest BCUT2D eigenvalue weighted by Gasteiger charge is 2.12. The van der Waals surface area contributed by atoms with Crippen molar-refractivity contribution in [3.05, 3.63) is 30.7 Å². The van der Waals surface area contributed by atoms with Gasteiger partial charge in [-0.2, -0.15) is 5.10 Å². The Hall–Kier alpha value is -1.46. The Kier molecular flexibility index (Phi) is 4.16. The van der Waals surface area contributed by atoms with Crippen LogP contribution in [0.25, 0.3) is 17.0 Å². The summed E-state index contributed by atoms with van der Waals surface area (Å²) in [5.41, 5.74) is 1.84. The van der Waals surface area contributed by atoms with Crippen molar-refractivity contribution in [1.29, 1.82) is 0 Å². The predicted octanol–water partition coefficient (Wildman–Crippen LogP) is 3.39. The monoisotopic (exact) mass is 275 g/mol. The van der Waals surface area contributed by atoms with E-state index < -0.39 is 8.07 Å². The fraction of sp³-hybridized carbons (Fsp3) is 0.429. The lowest BCUT2D eigenvalue weighted by Crippen LogP contribution is -2.22. The van der Waals surface area contributed by atoms with Crippen LogP contribution in [0.4, 0.5) is 0 Å². The molecule has 2 rings (SSSR count). The summed E-state index contributed by atoms with van der Waals surface area (Å²) in [6, 6.07) is 3.12. The van der Waals surface area contributed by atoms with Crippen LogP contribution in [0, 0.1) is 0 Å². The van der Waals surface area contributed by atoms with Crippen molar-refractivity contribution in [2.45, 2.75) is 32.4 Å². The van der Waals surface area contributed by atoms with E-state index >= 15 is 0 Å². The normalized spacial score (nSPS) is 11.9. The van der Waals surface area contributed by atoms with Gasteiger partial charge in [0.05, 0.1) is 17.4 Å². The van der Waals surface area contributed by atoms with Crippen molar-refractivity contribution in [3.63, 3.8) is 0 Å². The largest absolute Gasteiger partial charge is 0.360 e. The summed E-state index contributed by atoms with van der Waals surface area (Å²) in [6.07, 6.45) is 5.37. The number of hydrogen-bond donors (Lipinski definition) is 0. The maximum atomic E-state index is 5.73. The number of ether oxygens (including phenoxy) is 1. The SMILES string of the molecule is C=Cc1nccc2cnn(COCC[Si](C)(C)C)c12. The van der Waals surface area contributed by atoms with E-state index in [2.05, 4.69) is 36.3 Å². The first kappa shape index (κ1) is 14.0. The lowest BCUT2D eigenvalue weighted by Gasteiger charge is -2.15. The summed E-state index contributed by atoms with van der Waals surface area (Å²) in [4.78, 5) is 4.30. The average Bonchev–Trinajstić information content (AvgIpc) is 2.77. The molecule has 0 radical (unpaired) electrons. The molecule has 0 atom stereocenters. The Balaban J connectivity index is 2.07. The van der Waals surface area contributed by atoms with Crippen LogP contribution in [-0.4, -0.2) is 29.4 Å². The van der Waals surface area contributed by atoms with Gasteiger partial charge < -0.3 is 4.74 Å². The van der Waals surface area contributed by atoms with Crippen molar-refractivity contribution in [2.75, 3.05) is 6.61 Å². The molecule has 2 aromatic rings. The van der Waals surface area contributed by atoms with E-state index in [0.29, 0.717) is 6.73 Å². The quantitative estimate of drug-likeness (QED) is 0.599. The van der Waals surface area contributed by atoms with E-state index in [9.17, 15) is 0 Å². The molecule has 102 valence electrons. The molecule has 0 amide bonds. The van der Waals surface area contributed by atoms with Gasteiger partial charge in [0.15, 0.2) is 0 Å². The molecular formula is C14H21N3OSi. The molecule has 0 saturated carbocycles. The van der Waals surface area contributed by atoms with E-state index in [1.54, 1.807) is 12.3 Å². The molecule has 5 heteroatoms. The topological polar surface area (TPSA) is 39.9 Å². The number of rotatable bonds is 6. The highest BCUT2D eigenvalue weighted by molar-refractivity contribution is 6.76. The first-order chi connectivity index (χ1) is 9.01. The zero-order valence-electron chi connectivity index (χ0n) is 11.9. The number of nitrogens with zero attached hydrogens (tertiary/aromatic N) is 3. The molecule has 0 unspecified atom stereocenters. The van der Waals surface area contributed by atoms with Crippen LogP contribution in [0.1, 0.15) is 5.69 Å². The minimum Gasteiger partial charge on any atom is -0.360 e. The van der Waals surface area contributed by atoms with Gasteiger partial charge in [-0.05, 0) is 18.2 Å². The molecule has 19 heavy (non-hydrogen) atoms. The molecule has 0 aliphatic heterocycles. The van der Waals surface area contributed by atoms with Crippen molar-refractivity contribution >= 4 is 25.1 Å². The van der Waals surface area contributed by atoms with Crippen LogP contribution in [0.15, 0.2) is 25.0 Å². The summed E-state index contributed by atoms with van der Waals surface area (Å²) in [7, 11) is -1.03.